The van der Waals surface area contributed by atoms with Crippen molar-refractivity contribution < 1.29 is 0 Å². The second kappa shape index (κ2) is 6.11. The van der Waals surface area contributed by atoms with Gasteiger partial charge >= 0.3 is 0 Å². The van der Waals surface area contributed by atoms with E-state index in [9.17, 15) is 5.26 Å². The van der Waals surface area contributed by atoms with Crippen LogP contribution in [0.15, 0.2) is 47.5 Å². The molecule has 1 aliphatic rings. The number of pyridine rings is 1. The normalized spacial score (nSPS) is 15.2. The average Bonchev–Trinajstić information content (AvgIpc) is 3.01. The Balaban J connectivity index is 1.92. The minimum atomic E-state index is 0.557. The molecule has 0 amide bonds. The number of hydrogen-bond acceptors (Lipinski definition) is 3. The molecule has 3 heteroatoms. The van der Waals surface area contributed by atoms with Gasteiger partial charge in [0.1, 0.15) is 6.07 Å². The van der Waals surface area contributed by atoms with Gasteiger partial charge in [-0.3, -0.25) is 0 Å². The molecule has 1 aromatic heterocycles. The van der Waals surface area contributed by atoms with E-state index in [0.29, 0.717) is 10.9 Å². The van der Waals surface area contributed by atoms with E-state index in [-0.39, 0.29) is 0 Å². The Kier molecular flexibility index (Phi) is 4.03. The number of benzene rings is 1. The lowest BCUT2D eigenvalue weighted by atomic mass is 10.1. The van der Waals surface area contributed by atoms with Gasteiger partial charge in [-0.05, 0) is 24.5 Å². The SMILES string of the molecule is N#Cc1ncc(-c2ccccc2)cc1SC1CCCC1. The molecule has 0 atom stereocenters. The van der Waals surface area contributed by atoms with Crippen molar-refractivity contribution >= 4 is 11.8 Å². The second-order valence-electron chi connectivity index (χ2n) is 5.07. The molecule has 0 N–H and O–H groups in total. The van der Waals surface area contributed by atoms with Gasteiger partial charge in [0.25, 0.3) is 0 Å². The lowest BCUT2D eigenvalue weighted by Crippen LogP contribution is -1.97. The summed E-state index contributed by atoms with van der Waals surface area (Å²) >= 11 is 1.83. The van der Waals surface area contributed by atoms with Crippen LogP contribution in [-0.2, 0) is 0 Å². The molecule has 1 heterocycles. The number of aromatic nitrogens is 1. The van der Waals surface area contributed by atoms with Gasteiger partial charge in [0, 0.05) is 21.9 Å². The van der Waals surface area contributed by atoms with Gasteiger partial charge in [-0.2, -0.15) is 5.26 Å². The molecule has 3 rings (SSSR count). The molecule has 1 saturated carbocycles. The van der Waals surface area contributed by atoms with Crippen LogP contribution in [0.1, 0.15) is 31.4 Å². The van der Waals surface area contributed by atoms with Crippen molar-refractivity contribution in [3.8, 4) is 17.2 Å². The van der Waals surface area contributed by atoms with Crippen LogP contribution < -0.4 is 0 Å². The zero-order chi connectivity index (χ0) is 13.8. The first kappa shape index (κ1) is 13.2. The highest BCUT2D eigenvalue weighted by Gasteiger charge is 2.18. The zero-order valence-corrected chi connectivity index (χ0v) is 12.1. The quantitative estimate of drug-likeness (QED) is 0.820. The Labute approximate surface area is 123 Å². The first-order chi connectivity index (χ1) is 9.86. The molecule has 0 radical (unpaired) electrons. The Morgan fingerprint density at radius 3 is 2.55 bits per heavy atom. The van der Waals surface area contributed by atoms with Gasteiger partial charge in [-0.25, -0.2) is 4.98 Å². The monoisotopic (exact) mass is 280 g/mol. The summed E-state index contributed by atoms with van der Waals surface area (Å²) in [5, 5.41) is 9.88. The third-order valence-electron chi connectivity index (χ3n) is 3.66. The van der Waals surface area contributed by atoms with E-state index in [1.54, 1.807) is 6.20 Å². The molecule has 0 unspecified atom stereocenters. The molecule has 100 valence electrons. The standard InChI is InChI=1S/C17H16N2S/c18-11-16-17(20-15-8-4-5-9-15)10-14(12-19-16)13-6-2-1-3-7-13/h1-3,6-7,10,12,15H,4-5,8-9H2. The highest BCUT2D eigenvalue weighted by Crippen LogP contribution is 2.37. The molecular weight excluding hydrogens is 264 g/mol. The maximum absolute atomic E-state index is 9.23. The predicted molar refractivity (Wildman–Crippen MR) is 82.5 cm³/mol. The molecule has 20 heavy (non-hydrogen) atoms. The molecule has 1 aliphatic carbocycles. The van der Waals surface area contributed by atoms with Gasteiger partial charge in [-0.1, -0.05) is 43.2 Å². The molecule has 0 aliphatic heterocycles. The Morgan fingerprint density at radius 1 is 1.10 bits per heavy atom. The van der Waals surface area contributed by atoms with E-state index in [1.165, 1.54) is 25.7 Å². The largest absolute Gasteiger partial charge is 0.244 e. The van der Waals surface area contributed by atoms with E-state index >= 15 is 0 Å². The zero-order valence-electron chi connectivity index (χ0n) is 11.2. The molecule has 2 aromatic rings. The van der Waals surface area contributed by atoms with Gasteiger partial charge in [-0.15, -0.1) is 11.8 Å². The summed E-state index contributed by atoms with van der Waals surface area (Å²) in [5.74, 6) is 0. The van der Waals surface area contributed by atoms with Gasteiger partial charge in [0.15, 0.2) is 5.69 Å². The molecular formula is C17H16N2S. The van der Waals surface area contributed by atoms with E-state index in [1.807, 2.05) is 30.0 Å². The fraction of sp³-hybridized carbons (Fsp3) is 0.294. The van der Waals surface area contributed by atoms with Gasteiger partial charge < -0.3 is 0 Å². The lowest BCUT2D eigenvalue weighted by molar-refractivity contribution is 0.886. The topological polar surface area (TPSA) is 36.7 Å². The second-order valence-corrected chi connectivity index (χ2v) is 6.42. The molecule has 2 nitrogen and oxygen atoms in total. The third kappa shape index (κ3) is 2.86. The van der Waals surface area contributed by atoms with Gasteiger partial charge in [0.05, 0.1) is 0 Å². The predicted octanol–water partition coefficient (Wildman–Crippen LogP) is 4.65. The number of thioether (sulfide) groups is 1. The summed E-state index contributed by atoms with van der Waals surface area (Å²) < 4.78 is 0. The fourth-order valence-electron chi connectivity index (χ4n) is 2.59. The molecule has 1 aromatic carbocycles. The van der Waals surface area contributed by atoms with E-state index in [0.717, 1.165) is 16.0 Å². The van der Waals surface area contributed by atoms with E-state index in [2.05, 4.69) is 29.3 Å². The first-order valence-electron chi connectivity index (χ1n) is 6.99. The van der Waals surface area contributed by atoms with Crippen molar-refractivity contribution in [2.24, 2.45) is 0 Å². The summed E-state index contributed by atoms with van der Waals surface area (Å²) in [7, 11) is 0. The van der Waals surface area contributed by atoms with Gasteiger partial charge in [0.2, 0.25) is 0 Å². The number of nitriles is 1. The lowest BCUT2D eigenvalue weighted by Gasteiger charge is -2.11. The minimum absolute atomic E-state index is 0.557. The van der Waals surface area contributed by atoms with Crippen LogP contribution in [-0.4, -0.2) is 10.2 Å². The number of hydrogen-bond donors (Lipinski definition) is 0. The Hall–Kier alpha value is -1.79. The number of nitrogens with zero attached hydrogens (tertiary/aromatic N) is 2. The van der Waals surface area contributed by atoms with Crippen molar-refractivity contribution in [2.45, 2.75) is 35.8 Å². The van der Waals surface area contributed by atoms with Crippen LogP contribution >= 0.6 is 11.8 Å². The van der Waals surface area contributed by atoms with Crippen molar-refractivity contribution in [3.05, 3.63) is 48.3 Å². The Bertz CT molecular complexity index is 625. The molecule has 0 spiro atoms. The van der Waals surface area contributed by atoms with Crippen LogP contribution in [0.3, 0.4) is 0 Å². The van der Waals surface area contributed by atoms with Crippen molar-refractivity contribution in [2.75, 3.05) is 0 Å². The summed E-state index contributed by atoms with van der Waals surface area (Å²) in [5.41, 5.74) is 2.80. The molecule has 0 bridgehead atoms. The van der Waals surface area contributed by atoms with Crippen LogP contribution in [0.4, 0.5) is 0 Å². The van der Waals surface area contributed by atoms with Crippen LogP contribution in [0.25, 0.3) is 11.1 Å². The van der Waals surface area contributed by atoms with Crippen molar-refractivity contribution in [3.63, 3.8) is 0 Å². The van der Waals surface area contributed by atoms with Crippen LogP contribution in [0.5, 0.6) is 0 Å². The highest BCUT2D eigenvalue weighted by atomic mass is 32.2. The highest BCUT2D eigenvalue weighted by molar-refractivity contribution is 8.00. The van der Waals surface area contributed by atoms with Crippen LogP contribution in [0, 0.1) is 11.3 Å². The number of rotatable bonds is 3. The average molecular weight is 280 g/mol. The summed E-state index contributed by atoms with van der Waals surface area (Å²) in [4.78, 5) is 5.36. The van der Waals surface area contributed by atoms with Crippen LogP contribution in [0.2, 0.25) is 0 Å². The first-order valence-corrected chi connectivity index (χ1v) is 7.87. The summed E-state index contributed by atoms with van der Waals surface area (Å²) in [6.45, 7) is 0. The molecule has 1 fully saturated rings. The summed E-state index contributed by atoms with van der Waals surface area (Å²) in [6, 6.07) is 14.5. The maximum atomic E-state index is 9.23. The van der Waals surface area contributed by atoms with Crippen molar-refractivity contribution in [1.82, 2.24) is 4.98 Å². The van der Waals surface area contributed by atoms with Crippen molar-refractivity contribution in [1.29, 1.82) is 5.26 Å². The van der Waals surface area contributed by atoms with E-state index < -0.39 is 0 Å². The van der Waals surface area contributed by atoms with E-state index in [4.69, 9.17) is 0 Å². The minimum Gasteiger partial charge on any atom is -0.244 e. The fourth-order valence-corrected chi connectivity index (χ4v) is 3.93. The smallest absolute Gasteiger partial charge is 0.154 e. The third-order valence-corrected chi connectivity index (χ3v) is 5.03. The Morgan fingerprint density at radius 2 is 1.85 bits per heavy atom. The maximum Gasteiger partial charge on any atom is 0.154 e. The summed E-state index contributed by atoms with van der Waals surface area (Å²) in [6.07, 6.45) is 6.93. The molecule has 0 saturated heterocycles.